The first-order chi connectivity index (χ1) is 8.52. The molecular weight excluding hydrogens is 226 g/mol. The normalized spacial score (nSPS) is 11.2. The number of hydrogen-bond acceptors (Lipinski definition) is 2. The minimum absolute atomic E-state index is 0.127. The van der Waals surface area contributed by atoms with Crippen LogP contribution in [0.5, 0.6) is 0 Å². The van der Waals surface area contributed by atoms with Crippen molar-refractivity contribution in [1.29, 1.82) is 0 Å². The van der Waals surface area contributed by atoms with E-state index in [4.69, 9.17) is 4.74 Å². The lowest BCUT2D eigenvalue weighted by molar-refractivity contribution is 0.109. The SMILES string of the molecule is CC(C)N(C(=O)OC=Cc1ccccc1)C(C)C. The summed E-state index contributed by atoms with van der Waals surface area (Å²) in [5.41, 5.74) is 1.01. The van der Waals surface area contributed by atoms with E-state index in [9.17, 15) is 4.79 Å². The molecule has 1 rings (SSSR count). The van der Waals surface area contributed by atoms with Crippen molar-refractivity contribution >= 4 is 12.2 Å². The highest BCUT2D eigenvalue weighted by Gasteiger charge is 2.20. The van der Waals surface area contributed by atoms with Gasteiger partial charge >= 0.3 is 6.09 Å². The highest BCUT2D eigenvalue weighted by molar-refractivity contribution is 5.69. The molecule has 0 N–H and O–H groups in total. The number of benzene rings is 1. The van der Waals surface area contributed by atoms with E-state index < -0.39 is 0 Å². The molecular formula is C15H21NO2. The Morgan fingerprint density at radius 2 is 1.67 bits per heavy atom. The third-order valence-electron chi connectivity index (χ3n) is 2.55. The summed E-state index contributed by atoms with van der Waals surface area (Å²) in [5.74, 6) is 0. The van der Waals surface area contributed by atoms with E-state index in [0.717, 1.165) is 5.56 Å². The summed E-state index contributed by atoms with van der Waals surface area (Å²) in [6, 6.07) is 9.99. The van der Waals surface area contributed by atoms with Crippen molar-refractivity contribution in [1.82, 2.24) is 4.90 Å². The molecule has 0 aliphatic carbocycles. The lowest BCUT2D eigenvalue weighted by Crippen LogP contribution is -2.41. The van der Waals surface area contributed by atoms with Crippen molar-refractivity contribution in [2.75, 3.05) is 0 Å². The zero-order valence-corrected chi connectivity index (χ0v) is 11.5. The number of amides is 1. The molecule has 0 fully saturated rings. The highest BCUT2D eigenvalue weighted by Crippen LogP contribution is 2.08. The fourth-order valence-corrected chi connectivity index (χ4v) is 1.81. The maximum Gasteiger partial charge on any atom is 0.415 e. The molecule has 0 radical (unpaired) electrons. The molecule has 3 heteroatoms. The average molecular weight is 247 g/mol. The molecule has 0 aromatic heterocycles. The van der Waals surface area contributed by atoms with Crippen LogP contribution in [0.15, 0.2) is 36.6 Å². The van der Waals surface area contributed by atoms with E-state index in [2.05, 4.69) is 0 Å². The van der Waals surface area contributed by atoms with Gasteiger partial charge in [-0.3, -0.25) is 0 Å². The predicted octanol–water partition coefficient (Wildman–Crippen LogP) is 3.91. The first-order valence-electron chi connectivity index (χ1n) is 6.23. The topological polar surface area (TPSA) is 29.5 Å². The van der Waals surface area contributed by atoms with Gasteiger partial charge in [0.15, 0.2) is 0 Å². The standard InChI is InChI=1S/C15H21NO2/c1-12(2)16(13(3)4)15(17)18-11-10-14-8-6-5-7-9-14/h5-13H,1-4H3. The van der Waals surface area contributed by atoms with Crippen molar-refractivity contribution < 1.29 is 9.53 Å². The van der Waals surface area contributed by atoms with Crippen LogP contribution >= 0.6 is 0 Å². The Hall–Kier alpha value is -1.77. The first-order valence-corrected chi connectivity index (χ1v) is 6.23. The summed E-state index contributed by atoms with van der Waals surface area (Å²) in [7, 11) is 0. The monoisotopic (exact) mass is 247 g/mol. The number of carbonyl (C=O) groups excluding carboxylic acids is 1. The molecule has 0 saturated heterocycles. The molecule has 1 aromatic carbocycles. The summed E-state index contributed by atoms with van der Waals surface area (Å²) in [6.07, 6.45) is 2.90. The van der Waals surface area contributed by atoms with Gasteiger partial charge in [0, 0.05) is 12.1 Å². The molecule has 0 saturated carbocycles. The zero-order chi connectivity index (χ0) is 13.5. The van der Waals surface area contributed by atoms with Crippen LogP contribution in [0.2, 0.25) is 0 Å². The molecule has 0 bridgehead atoms. The lowest BCUT2D eigenvalue weighted by Gasteiger charge is -2.28. The summed E-state index contributed by atoms with van der Waals surface area (Å²) >= 11 is 0. The van der Waals surface area contributed by atoms with Crippen molar-refractivity contribution in [2.24, 2.45) is 0 Å². The van der Waals surface area contributed by atoms with E-state index in [1.807, 2.05) is 58.0 Å². The van der Waals surface area contributed by atoms with Gasteiger partial charge in [0.25, 0.3) is 0 Å². The summed E-state index contributed by atoms with van der Waals surface area (Å²) in [6.45, 7) is 7.90. The Bertz CT molecular complexity index is 388. The van der Waals surface area contributed by atoms with Gasteiger partial charge < -0.3 is 9.64 Å². The van der Waals surface area contributed by atoms with Gasteiger partial charge in [-0.05, 0) is 39.3 Å². The maximum atomic E-state index is 11.9. The maximum absolute atomic E-state index is 11.9. The largest absolute Gasteiger partial charge is 0.418 e. The Kier molecular flexibility index (Phi) is 5.43. The first kappa shape index (κ1) is 14.3. The van der Waals surface area contributed by atoms with Crippen LogP contribution in [-0.2, 0) is 4.74 Å². The van der Waals surface area contributed by atoms with Crippen LogP contribution in [0, 0.1) is 0 Å². The molecule has 3 nitrogen and oxygen atoms in total. The van der Waals surface area contributed by atoms with Crippen LogP contribution in [0.25, 0.3) is 6.08 Å². The fraction of sp³-hybridized carbons (Fsp3) is 0.400. The molecule has 1 aromatic rings. The molecule has 0 spiro atoms. The van der Waals surface area contributed by atoms with Gasteiger partial charge in [-0.25, -0.2) is 4.79 Å². The Balaban J connectivity index is 2.57. The smallest absolute Gasteiger partial charge is 0.415 e. The fourth-order valence-electron chi connectivity index (χ4n) is 1.81. The second-order valence-corrected chi connectivity index (χ2v) is 4.69. The van der Waals surface area contributed by atoms with Gasteiger partial charge in [-0.15, -0.1) is 0 Å². The summed E-state index contributed by atoms with van der Waals surface area (Å²) in [4.78, 5) is 13.6. The van der Waals surface area contributed by atoms with Crippen LogP contribution < -0.4 is 0 Å². The van der Waals surface area contributed by atoms with Gasteiger partial charge in [-0.1, -0.05) is 30.3 Å². The van der Waals surface area contributed by atoms with E-state index >= 15 is 0 Å². The number of carbonyl (C=O) groups is 1. The second kappa shape index (κ2) is 6.84. The minimum Gasteiger partial charge on any atom is -0.418 e. The number of hydrogen-bond donors (Lipinski definition) is 0. The Labute approximate surface area is 109 Å². The Morgan fingerprint density at radius 3 is 2.17 bits per heavy atom. The van der Waals surface area contributed by atoms with Crippen molar-refractivity contribution in [3.05, 3.63) is 42.2 Å². The minimum atomic E-state index is -0.313. The van der Waals surface area contributed by atoms with Gasteiger partial charge in [-0.2, -0.15) is 0 Å². The van der Waals surface area contributed by atoms with Crippen molar-refractivity contribution in [3.8, 4) is 0 Å². The Morgan fingerprint density at radius 1 is 1.11 bits per heavy atom. The quantitative estimate of drug-likeness (QED) is 0.755. The number of ether oxygens (including phenoxy) is 1. The van der Waals surface area contributed by atoms with Crippen LogP contribution in [0.4, 0.5) is 4.79 Å². The van der Waals surface area contributed by atoms with E-state index in [1.165, 1.54) is 6.26 Å². The summed E-state index contributed by atoms with van der Waals surface area (Å²) in [5, 5.41) is 0. The van der Waals surface area contributed by atoms with E-state index in [-0.39, 0.29) is 18.2 Å². The molecule has 0 heterocycles. The van der Waals surface area contributed by atoms with Gasteiger partial charge in [0.05, 0.1) is 6.26 Å². The molecule has 0 aliphatic rings. The third-order valence-corrected chi connectivity index (χ3v) is 2.55. The molecule has 98 valence electrons. The summed E-state index contributed by atoms with van der Waals surface area (Å²) < 4.78 is 5.14. The molecule has 1 amide bonds. The van der Waals surface area contributed by atoms with Crippen LogP contribution in [-0.4, -0.2) is 23.1 Å². The van der Waals surface area contributed by atoms with Gasteiger partial charge in [0.1, 0.15) is 0 Å². The van der Waals surface area contributed by atoms with Crippen molar-refractivity contribution in [2.45, 2.75) is 39.8 Å². The lowest BCUT2D eigenvalue weighted by atomic mass is 10.2. The zero-order valence-electron chi connectivity index (χ0n) is 11.5. The molecule has 18 heavy (non-hydrogen) atoms. The second-order valence-electron chi connectivity index (χ2n) is 4.69. The average Bonchev–Trinajstić information content (AvgIpc) is 2.29. The highest BCUT2D eigenvalue weighted by atomic mass is 16.5. The van der Waals surface area contributed by atoms with Crippen molar-refractivity contribution in [3.63, 3.8) is 0 Å². The van der Waals surface area contributed by atoms with E-state index in [1.54, 1.807) is 11.0 Å². The predicted molar refractivity (Wildman–Crippen MR) is 74.1 cm³/mol. The third kappa shape index (κ3) is 4.24. The van der Waals surface area contributed by atoms with Gasteiger partial charge in [0.2, 0.25) is 0 Å². The molecule has 0 atom stereocenters. The molecule has 0 aliphatic heterocycles. The molecule has 0 unspecified atom stereocenters. The van der Waals surface area contributed by atoms with Crippen LogP contribution in [0.3, 0.4) is 0 Å². The number of nitrogens with zero attached hydrogens (tertiary/aromatic N) is 1. The number of rotatable bonds is 4. The van der Waals surface area contributed by atoms with E-state index in [0.29, 0.717) is 0 Å². The van der Waals surface area contributed by atoms with Crippen LogP contribution in [0.1, 0.15) is 33.3 Å².